The van der Waals surface area contributed by atoms with Gasteiger partial charge >= 0.3 is 0 Å². The van der Waals surface area contributed by atoms with Crippen LogP contribution < -0.4 is 11.1 Å². The monoisotopic (exact) mass is 466 g/mol. The third kappa shape index (κ3) is 8.40. The number of hydrogen-bond acceptors (Lipinski definition) is 4. The van der Waals surface area contributed by atoms with Crippen molar-refractivity contribution in [3.05, 3.63) is 83.9 Å². The van der Waals surface area contributed by atoms with Crippen molar-refractivity contribution >= 4 is 42.5 Å². The van der Waals surface area contributed by atoms with Crippen LogP contribution in [-0.2, 0) is 17.8 Å². The Labute approximate surface area is 194 Å². The number of thioether (sulfide) groups is 1. The van der Waals surface area contributed by atoms with E-state index in [-0.39, 0.29) is 30.7 Å². The minimum absolute atomic E-state index is 0. The van der Waals surface area contributed by atoms with Crippen molar-refractivity contribution in [1.82, 2.24) is 14.9 Å². The second-order valence-electron chi connectivity index (χ2n) is 6.79. The van der Waals surface area contributed by atoms with Gasteiger partial charge in [0.25, 0.3) is 0 Å². The number of nitrogens with two attached hydrogens (primary N) is 1. The molecular formula is C22H28Cl2N4OS. The second kappa shape index (κ2) is 13.3. The zero-order valence-corrected chi connectivity index (χ0v) is 19.3. The summed E-state index contributed by atoms with van der Waals surface area (Å²) in [5.41, 5.74) is 9.33. The fourth-order valence-corrected chi connectivity index (χ4v) is 3.59. The molecule has 8 heteroatoms. The first-order chi connectivity index (χ1) is 13.6. The van der Waals surface area contributed by atoms with Gasteiger partial charge in [-0.25, -0.2) is 4.98 Å². The standard InChI is InChI=1S/C22H26N4OS.2ClH/c1-17-7-9-20(10-8-17)28-12-11-24-22(27)21(23)13-19-15-26(16-25-19)14-18-5-3-2-4-6-18;;/h2-10,15-16,21H,11-14,23H2,1H3,(H,24,27);2*1H/t21-;;/m0../s1. The predicted molar refractivity (Wildman–Crippen MR) is 129 cm³/mol. The molecule has 0 aliphatic heterocycles. The number of imidazole rings is 1. The van der Waals surface area contributed by atoms with Crippen LogP contribution in [-0.4, -0.2) is 33.8 Å². The molecule has 5 nitrogen and oxygen atoms in total. The molecule has 30 heavy (non-hydrogen) atoms. The molecule has 0 saturated carbocycles. The Kier molecular flexibility index (Phi) is 11.6. The molecule has 162 valence electrons. The Hall–Kier alpha value is -1.99. The number of carbonyl (C=O) groups excluding carboxylic acids is 1. The normalized spacial score (nSPS) is 11.1. The van der Waals surface area contributed by atoms with Crippen molar-refractivity contribution < 1.29 is 4.79 Å². The molecule has 0 spiro atoms. The van der Waals surface area contributed by atoms with E-state index in [1.165, 1.54) is 16.0 Å². The lowest BCUT2D eigenvalue weighted by atomic mass is 10.1. The number of carbonyl (C=O) groups is 1. The maximum absolute atomic E-state index is 12.2. The number of aryl methyl sites for hydroxylation is 1. The zero-order valence-electron chi connectivity index (χ0n) is 16.9. The smallest absolute Gasteiger partial charge is 0.237 e. The molecular weight excluding hydrogens is 439 g/mol. The van der Waals surface area contributed by atoms with Gasteiger partial charge < -0.3 is 15.6 Å². The van der Waals surface area contributed by atoms with Crippen molar-refractivity contribution in [2.45, 2.75) is 30.8 Å². The van der Waals surface area contributed by atoms with Crippen molar-refractivity contribution in [1.29, 1.82) is 0 Å². The first-order valence-electron chi connectivity index (χ1n) is 9.37. The fraction of sp³-hybridized carbons (Fsp3) is 0.273. The van der Waals surface area contributed by atoms with E-state index in [0.717, 1.165) is 18.0 Å². The Morgan fingerprint density at radius 3 is 2.53 bits per heavy atom. The van der Waals surface area contributed by atoms with Gasteiger partial charge in [-0.05, 0) is 24.6 Å². The lowest BCUT2D eigenvalue weighted by Crippen LogP contribution is -2.42. The molecule has 0 fully saturated rings. The average Bonchev–Trinajstić information content (AvgIpc) is 3.14. The van der Waals surface area contributed by atoms with Crippen LogP contribution in [0.1, 0.15) is 16.8 Å². The van der Waals surface area contributed by atoms with Crippen molar-refractivity contribution in [3.8, 4) is 0 Å². The van der Waals surface area contributed by atoms with Gasteiger partial charge in [-0.1, -0.05) is 48.0 Å². The van der Waals surface area contributed by atoms with E-state index >= 15 is 0 Å². The quantitative estimate of drug-likeness (QED) is 0.370. The summed E-state index contributed by atoms with van der Waals surface area (Å²) in [5.74, 6) is 0.676. The Balaban J connectivity index is 0.00000225. The van der Waals surface area contributed by atoms with Gasteiger partial charge in [0, 0.05) is 36.4 Å². The van der Waals surface area contributed by atoms with Gasteiger partial charge in [0.15, 0.2) is 0 Å². The summed E-state index contributed by atoms with van der Waals surface area (Å²) in [6.45, 7) is 3.42. The number of hydrogen-bond donors (Lipinski definition) is 2. The molecule has 0 unspecified atom stereocenters. The highest BCUT2D eigenvalue weighted by atomic mass is 35.5. The Morgan fingerprint density at radius 1 is 1.13 bits per heavy atom. The molecule has 1 atom stereocenters. The van der Waals surface area contributed by atoms with E-state index < -0.39 is 6.04 Å². The van der Waals surface area contributed by atoms with Crippen LogP contribution in [0.2, 0.25) is 0 Å². The summed E-state index contributed by atoms with van der Waals surface area (Å²) in [4.78, 5) is 17.8. The zero-order chi connectivity index (χ0) is 19.8. The maximum Gasteiger partial charge on any atom is 0.237 e. The van der Waals surface area contributed by atoms with Crippen LogP contribution in [0.3, 0.4) is 0 Å². The number of amides is 1. The van der Waals surface area contributed by atoms with Crippen molar-refractivity contribution in [2.24, 2.45) is 5.73 Å². The first kappa shape index (κ1) is 26.0. The van der Waals surface area contributed by atoms with Crippen LogP contribution in [0.4, 0.5) is 0 Å². The molecule has 1 aromatic heterocycles. The first-order valence-corrected chi connectivity index (χ1v) is 10.4. The predicted octanol–water partition coefficient (Wildman–Crippen LogP) is 3.86. The van der Waals surface area contributed by atoms with Gasteiger partial charge in [-0.2, -0.15) is 0 Å². The number of nitrogens with one attached hydrogen (secondary N) is 1. The van der Waals surface area contributed by atoms with Crippen LogP contribution in [0.15, 0.2) is 72.0 Å². The van der Waals surface area contributed by atoms with E-state index in [0.29, 0.717) is 13.0 Å². The summed E-state index contributed by atoms with van der Waals surface area (Å²) in [6.07, 6.45) is 4.16. The number of nitrogens with zero attached hydrogens (tertiary/aromatic N) is 2. The number of aromatic nitrogens is 2. The van der Waals surface area contributed by atoms with Crippen molar-refractivity contribution in [3.63, 3.8) is 0 Å². The molecule has 0 bridgehead atoms. The lowest BCUT2D eigenvalue weighted by molar-refractivity contribution is -0.122. The van der Waals surface area contributed by atoms with Crippen LogP contribution in [0.5, 0.6) is 0 Å². The minimum Gasteiger partial charge on any atom is -0.354 e. The molecule has 3 aromatic rings. The number of benzene rings is 2. The molecule has 3 rings (SSSR count). The molecule has 1 heterocycles. The van der Waals surface area contributed by atoms with E-state index in [4.69, 9.17) is 5.73 Å². The maximum atomic E-state index is 12.2. The van der Waals surface area contributed by atoms with E-state index in [9.17, 15) is 4.79 Å². The summed E-state index contributed by atoms with van der Waals surface area (Å²) in [5, 5.41) is 2.91. The molecule has 3 N–H and O–H groups in total. The number of halogens is 2. The SMILES string of the molecule is Cc1ccc(SCCNC(=O)[C@@H](N)Cc2cn(Cc3ccccc3)cn2)cc1.Cl.Cl. The molecule has 0 radical (unpaired) electrons. The topological polar surface area (TPSA) is 72.9 Å². The molecule has 0 aliphatic carbocycles. The molecule has 0 aliphatic rings. The van der Waals surface area contributed by atoms with E-state index in [1.54, 1.807) is 18.1 Å². The van der Waals surface area contributed by atoms with Gasteiger partial charge in [-0.3, -0.25) is 4.79 Å². The highest BCUT2D eigenvalue weighted by Crippen LogP contribution is 2.17. The Morgan fingerprint density at radius 2 is 1.83 bits per heavy atom. The summed E-state index contributed by atoms with van der Waals surface area (Å²) >= 11 is 1.72. The largest absolute Gasteiger partial charge is 0.354 e. The van der Waals surface area contributed by atoms with Crippen LogP contribution >= 0.6 is 36.6 Å². The highest BCUT2D eigenvalue weighted by Gasteiger charge is 2.15. The van der Waals surface area contributed by atoms with Crippen LogP contribution in [0.25, 0.3) is 0 Å². The number of rotatable bonds is 9. The highest BCUT2D eigenvalue weighted by molar-refractivity contribution is 7.99. The van der Waals surface area contributed by atoms with Gasteiger partial charge in [0.05, 0.1) is 18.1 Å². The fourth-order valence-electron chi connectivity index (χ4n) is 2.82. The molecule has 0 saturated heterocycles. The van der Waals surface area contributed by atoms with Gasteiger partial charge in [0.1, 0.15) is 0 Å². The minimum atomic E-state index is -0.593. The van der Waals surface area contributed by atoms with E-state index in [2.05, 4.69) is 53.6 Å². The third-order valence-corrected chi connectivity index (χ3v) is 5.37. The lowest BCUT2D eigenvalue weighted by Gasteiger charge is -2.11. The molecule has 1 amide bonds. The summed E-state index contributed by atoms with van der Waals surface area (Å²) in [7, 11) is 0. The summed E-state index contributed by atoms with van der Waals surface area (Å²) < 4.78 is 2.01. The second-order valence-corrected chi connectivity index (χ2v) is 7.95. The van der Waals surface area contributed by atoms with Crippen molar-refractivity contribution in [2.75, 3.05) is 12.3 Å². The van der Waals surface area contributed by atoms with E-state index in [1.807, 2.05) is 29.0 Å². The third-order valence-electron chi connectivity index (χ3n) is 4.35. The molecule has 2 aromatic carbocycles. The van der Waals surface area contributed by atoms with Crippen LogP contribution in [0, 0.1) is 6.92 Å². The summed E-state index contributed by atoms with van der Waals surface area (Å²) in [6, 6.07) is 18.0. The Bertz CT molecular complexity index is 888. The van der Waals surface area contributed by atoms with Gasteiger partial charge in [0.2, 0.25) is 5.91 Å². The average molecular weight is 467 g/mol. The van der Waals surface area contributed by atoms with Gasteiger partial charge in [-0.15, -0.1) is 36.6 Å².